The average molecular weight is 377 g/mol. The van der Waals surface area contributed by atoms with Crippen LogP contribution in [0.5, 0.6) is 0 Å². The lowest BCUT2D eigenvalue weighted by Crippen LogP contribution is -2.38. The van der Waals surface area contributed by atoms with E-state index in [9.17, 15) is 12.8 Å². The van der Waals surface area contributed by atoms with Crippen molar-refractivity contribution in [3.8, 4) is 0 Å². The van der Waals surface area contributed by atoms with Gasteiger partial charge >= 0.3 is 0 Å². The standard InChI is InChI=1S/C17H20FN5O2S/c1-2-22-11-14(10-19-22)26(24,25)23-7-5-12(6-8-23)17-20-15-4-3-13(18)9-16(15)21-17/h3-4,9-12H,2,5-8H2,1H3,(H,20,21). The van der Waals surface area contributed by atoms with Gasteiger partial charge in [0.2, 0.25) is 10.0 Å². The van der Waals surface area contributed by atoms with Gasteiger partial charge in [0.05, 0.1) is 17.2 Å². The summed E-state index contributed by atoms with van der Waals surface area (Å²) in [7, 11) is -3.52. The quantitative estimate of drug-likeness (QED) is 0.757. The Morgan fingerprint density at radius 3 is 2.77 bits per heavy atom. The van der Waals surface area contributed by atoms with Crippen LogP contribution in [0.25, 0.3) is 11.0 Å². The molecule has 7 nitrogen and oxygen atoms in total. The highest BCUT2D eigenvalue weighted by Gasteiger charge is 2.31. The fraction of sp³-hybridized carbons (Fsp3) is 0.412. The van der Waals surface area contributed by atoms with Crippen molar-refractivity contribution in [3.05, 3.63) is 42.2 Å². The molecule has 0 spiro atoms. The number of nitrogens with one attached hydrogen (secondary N) is 1. The molecular weight excluding hydrogens is 357 g/mol. The summed E-state index contributed by atoms with van der Waals surface area (Å²) in [5, 5.41) is 4.05. The first-order valence-corrected chi connectivity index (χ1v) is 10.1. The van der Waals surface area contributed by atoms with Crippen LogP contribution in [0.3, 0.4) is 0 Å². The summed E-state index contributed by atoms with van der Waals surface area (Å²) in [4.78, 5) is 7.94. The fourth-order valence-electron chi connectivity index (χ4n) is 3.36. The molecule has 0 bridgehead atoms. The molecule has 1 saturated heterocycles. The Balaban J connectivity index is 1.49. The van der Waals surface area contributed by atoms with E-state index >= 15 is 0 Å². The van der Waals surface area contributed by atoms with Gasteiger partial charge in [0.15, 0.2) is 0 Å². The Morgan fingerprint density at radius 2 is 2.08 bits per heavy atom. The first-order valence-electron chi connectivity index (χ1n) is 8.65. The number of rotatable bonds is 4. The number of nitrogens with zero attached hydrogens (tertiary/aromatic N) is 4. The molecule has 1 aromatic carbocycles. The zero-order valence-electron chi connectivity index (χ0n) is 14.4. The topological polar surface area (TPSA) is 83.9 Å². The van der Waals surface area contributed by atoms with Crippen molar-refractivity contribution in [3.63, 3.8) is 0 Å². The van der Waals surface area contributed by atoms with Crippen LogP contribution < -0.4 is 0 Å². The molecule has 0 unspecified atom stereocenters. The summed E-state index contributed by atoms with van der Waals surface area (Å²) < 4.78 is 41.9. The van der Waals surface area contributed by atoms with Crippen LogP contribution >= 0.6 is 0 Å². The van der Waals surface area contributed by atoms with E-state index in [1.807, 2.05) is 6.92 Å². The third-order valence-electron chi connectivity index (χ3n) is 4.87. The fourth-order valence-corrected chi connectivity index (χ4v) is 4.79. The highest BCUT2D eigenvalue weighted by Crippen LogP contribution is 2.30. The molecule has 3 aromatic rings. The molecule has 0 aliphatic carbocycles. The lowest BCUT2D eigenvalue weighted by atomic mass is 9.97. The summed E-state index contributed by atoms with van der Waals surface area (Å²) in [5.74, 6) is 0.623. The zero-order chi connectivity index (χ0) is 18.3. The van der Waals surface area contributed by atoms with Gasteiger partial charge in [-0.3, -0.25) is 4.68 Å². The van der Waals surface area contributed by atoms with Crippen LogP contribution in [-0.2, 0) is 16.6 Å². The molecule has 0 radical (unpaired) electrons. The van der Waals surface area contributed by atoms with Crippen molar-refractivity contribution in [2.24, 2.45) is 0 Å². The van der Waals surface area contributed by atoms with Gasteiger partial charge in [0, 0.05) is 31.7 Å². The number of imidazole rings is 1. The molecule has 1 fully saturated rings. The number of H-pyrrole nitrogens is 1. The minimum absolute atomic E-state index is 0.135. The van der Waals surface area contributed by atoms with Crippen LogP contribution in [0.2, 0.25) is 0 Å². The van der Waals surface area contributed by atoms with E-state index in [4.69, 9.17) is 0 Å². The summed E-state index contributed by atoms with van der Waals surface area (Å²) >= 11 is 0. The van der Waals surface area contributed by atoms with Crippen molar-refractivity contribution >= 4 is 21.1 Å². The number of fused-ring (bicyclic) bond motifs is 1. The monoisotopic (exact) mass is 377 g/mol. The predicted molar refractivity (Wildman–Crippen MR) is 94.7 cm³/mol. The van der Waals surface area contributed by atoms with E-state index in [2.05, 4.69) is 15.1 Å². The summed E-state index contributed by atoms with van der Waals surface area (Å²) in [5.41, 5.74) is 1.39. The second-order valence-corrected chi connectivity index (χ2v) is 8.43. The molecule has 4 rings (SSSR count). The van der Waals surface area contributed by atoms with Crippen LogP contribution in [0.1, 0.15) is 31.5 Å². The zero-order valence-corrected chi connectivity index (χ0v) is 15.2. The van der Waals surface area contributed by atoms with Crippen molar-refractivity contribution in [2.75, 3.05) is 13.1 Å². The first-order chi connectivity index (χ1) is 12.5. The number of aryl methyl sites for hydroxylation is 1. The summed E-state index contributed by atoms with van der Waals surface area (Å²) in [6, 6.07) is 4.46. The van der Waals surface area contributed by atoms with Crippen LogP contribution in [0, 0.1) is 5.82 Å². The Morgan fingerprint density at radius 1 is 1.31 bits per heavy atom. The molecule has 0 atom stereocenters. The van der Waals surface area contributed by atoms with Crippen LogP contribution in [0.15, 0.2) is 35.5 Å². The minimum Gasteiger partial charge on any atom is -0.342 e. The molecule has 2 aromatic heterocycles. The van der Waals surface area contributed by atoms with Crippen LogP contribution in [0.4, 0.5) is 4.39 Å². The van der Waals surface area contributed by atoms with Gasteiger partial charge in [-0.25, -0.2) is 17.8 Å². The maximum absolute atomic E-state index is 13.3. The number of hydrogen-bond acceptors (Lipinski definition) is 4. The molecule has 138 valence electrons. The van der Waals surface area contributed by atoms with Crippen molar-refractivity contribution in [1.82, 2.24) is 24.1 Å². The maximum Gasteiger partial charge on any atom is 0.246 e. The number of benzene rings is 1. The van der Waals surface area contributed by atoms with Gasteiger partial charge in [0.25, 0.3) is 0 Å². The van der Waals surface area contributed by atoms with Gasteiger partial charge < -0.3 is 4.98 Å². The minimum atomic E-state index is -3.52. The van der Waals surface area contributed by atoms with Crippen molar-refractivity contribution in [1.29, 1.82) is 0 Å². The average Bonchev–Trinajstić information content (AvgIpc) is 3.28. The molecular formula is C17H20FN5O2S. The highest BCUT2D eigenvalue weighted by atomic mass is 32.2. The predicted octanol–water partition coefficient (Wildman–Crippen LogP) is 2.49. The molecule has 1 N–H and O–H groups in total. The molecule has 26 heavy (non-hydrogen) atoms. The van der Waals surface area contributed by atoms with Gasteiger partial charge in [-0.05, 0) is 38.0 Å². The Bertz CT molecular complexity index is 1030. The Labute approximate surface area is 150 Å². The second kappa shape index (κ2) is 6.48. The molecule has 1 aliphatic heterocycles. The van der Waals surface area contributed by atoms with E-state index in [1.54, 1.807) is 16.9 Å². The van der Waals surface area contributed by atoms with E-state index < -0.39 is 10.0 Å². The van der Waals surface area contributed by atoms with E-state index in [-0.39, 0.29) is 16.6 Å². The summed E-state index contributed by atoms with van der Waals surface area (Å²) in [6.45, 7) is 3.39. The van der Waals surface area contributed by atoms with E-state index in [1.165, 1.54) is 22.6 Å². The Hall–Kier alpha value is -2.26. The van der Waals surface area contributed by atoms with E-state index in [0.29, 0.717) is 38.0 Å². The molecule has 3 heterocycles. The third-order valence-corrected chi connectivity index (χ3v) is 6.73. The normalized spacial score (nSPS) is 17.2. The smallest absolute Gasteiger partial charge is 0.246 e. The SMILES string of the molecule is CCn1cc(S(=O)(=O)N2CCC(c3nc4ccc(F)cc4[nH]3)CC2)cn1. The van der Waals surface area contributed by atoms with E-state index in [0.717, 1.165) is 11.3 Å². The lowest BCUT2D eigenvalue weighted by Gasteiger charge is -2.29. The lowest BCUT2D eigenvalue weighted by molar-refractivity contribution is 0.314. The van der Waals surface area contributed by atoms with Gasteiger partial charge in [-0.1, -0.05) is 0 Å². The molecule has 0 saturated carbocycles. The molecule has 1 aliphatic rings. The number of aromatic nitrogens is 4. The van der Waals surface area contributed by atoms with Gasteiger partial charge in [-0.2, -0.15) is 9.40 Å². The Kier molecular flexibility index (Phi) is 4.28. The molecule has 9 heteroatoms. The van der Waals surface area contributed by atoms with Gasteiger partial charge in [0.1, 0.15) is 16.5 Å². The number of piperidine rings is 1. The van der Waals surface area contributed by atoms with Crippen molar-refractivity contribution in [2.45, 2.75) is 37.1 Å². The molecule has 0 amide bonds. The second-order valence-electron chi connectivity index (χ2n) is 6.49. The largest absolute Gasteiger partial charge is 0.342 e. The van der Waals surface area contributed by atoms with Crippen LogP contribution in [-0.4, -0.2) is 45.6 Å². The van der Waals surface area contributed by atoms with Crippen molar-refractivity contribution < 1.29 is 12.8 Å². The van der Waals surface area contributed by atoms with Gasteiger partial charge in [-0.15, -0.1) is 0 Å². The number of sulfonamides is 1. The maximum atomic E-state index is 13.3. The highest BCUT2D eigenvalue weighted by molar-refractivity contribution is 7.89. The third kappa shape index (κ3) is 3.01. The number of hydrogen-bond donors (Lipinski definition) is 1. The summed E-state index contributed by atoms with van der Waals surface area (Å²) in [6.07, 6.45) is 4.31. The number of aromatic amines is 1. The number of halogens is 1. The first kappa shape index (κ1) is 17.2.